The summed E-state index contributed by atoms with van der Waals surface area (Å²) in [5.41, 5.74) is 2.46. The summed E-state index contributed by atoms with van der Waals surface area (Å²) in [6.07, 6.45) is 6.07. The first kappa shape index (κ1) is 14.0. The molecule has 1 fully saturated rings. The van der Waals surface area contributed by atoms with Crippen molar-refractivity contribution in [3.63, 3.8) is 0 Å². The molecular formula is C16H16Cl2N2S. The van der Waals surface area contributed by atoms with Crippen LogP contribution in [0.15, 0.2) is 18.2 Å². The third kappa shape index (κ3) is 2.85. The normalized spacial score (nSPS) is 18.8. The van der Waals surface area contributed by atoms with E-state index in [-0.39, 0.29) is 6.04 Å². The maximum absolute atomic E-state index is 6.20. The molecule has 0 amide bonds. The standard InChI is InChI=1S/C16H16Cl2N2S/c17-11-7-4-9(8-12(11)18)15(19-10-5-6-10)16-20-13-2-1-3-14(13)21-16/h4,7-8,10,15,19H,1-3,5-6H2. The van der Waals surface area contributed by atoms with Gasteiger partial charge in [0.2, 0.25) is 0 Å². The number of hydrogen-bond donors (Lipinski definition) is 1. The Bertz CT molecular complexity index is 657. The van der Waals surface area contributed by atoms with Gasteiger partial charge in [0.05, 0.1) is 21.8 Å². The number of aromatic nitrogens is 1. The number of halogens is 2. The van der Waals surface area contributed by atoms with Gasteiger partial charge in [0, 0.05) is 10.9 Å². The highest BCUT2D eigenvalue weighted by Crippen LogP contribution is 2.36. The minimum atomic E-state index is 0.142. The molecule has 1 atom stereocenters. The van der Waals surface area contributed by atoms with Crippen LogP contribution in [-0.4, -0.2) is 11.0 Å². The SMILES string of the molecule is Clc1ccc(C(NC2CC2)c2nc3c(s2)CCC3)cc1Cl. The second-order valence-corrected chi connectivity index (χ2v) is 7.75. The van der Waals surface area contributed by atoms with Crippen LogP contribution in [0.2, 0.25) is 10.0 Å². The average Bonchev–Trinajstić information content (AvgIpc) is 3.03. The van der Waals surface area contributed by atoms with Gasteiger partial charge < -0.3 is 5.32 Å². The summed E-state index contributed by atoms with van der Waals surface area (Å²) in [7, 11) is 0. The molecule has 1 unspecified atom stereocenters. The van der Waals surface area contributed by atoms with Crippen molar-refractivity contribution in [2.45, 2.75) is 44.2 Å². The number of aryl methyl sites for hydroxylation is 2. The van der Waals surface area contributed by atoms with Gasteiger partial charge in [0.25, 0.3) is 0 Å². The monoisotopic (exact) mass is 338 g/mol. The first-order valence-corrected chi connectivity index (χ1v) is 8.97. The second-order valence-electron chi connectivity index (χ2n) is 5.82. The van der Waals surface area contributed by atoms with E-state index in [9.17, 15) is 0 Å². The number of rotatable bonds is 4. The molecule has 1 aromatic heterocycles. The molecule has 4 rings (SSSR count). The van der Waals surface area contributed by atoms with Gasteiger partial charge in [-0.2, -0.15) is 0 Å². The Morgan fingerprint density at radius 3 is 2.76 bits per heavy atom. The topological polar surface area (TPSA) is 24.9 Å². The van der Waals surface area contributed by atoms with Gasteiger partial charge in [-0.25, -0.2) is 4.98 Å². The maximum atomic E-state index is 6.20. The van der Waals surface area contributed by atoms with Gasteiger partial charge in [-0.3, -0.25) is 0 Å². The summed E-state index contributed by atoms with van der Waals surface area (Å²) in [4.78, 5) is 6.35. The Kier molecular flexibility index (Phi) is 3.70. The van der Waals surface area contributed by atoms with E-state index in [1.807, 2.05) is 23.5 Å². The van der Waals surface area contributed by atoms with E-state index in [0.717, 1.165) is 12.0 Å². The summed E-state index contributed by atoms with van der Waals surface area (Å²) in [5.74, 6) is 0. The van der Waals surface area contributed by atoms with Crippen LogP contribution in [0.5, 0.6) is 0 Å². The number of hydrogen-bond acceptors (Lipinski definition) is 3. The molecule has 2 aromatic rings. The lowest BCUT2D eigenvalue weighted by atomic mass is 10.1. The number of fused-ring (bicyclic) bond motifs is 1. The molecule has 2 nitrogen and oxygen atoms in total. The van der Waals surface area contributed by atoms with Crippen LogP contribution in [0, 0.1) is 0 Å². The lowest BCUT2D eigenvalue weighted by molar-refractivity contribution is 0.596. The summed E-state index contributed by atoms with van der Waals surface area (Å²) >= 11 is 14.1. The van der Waals surface area contributed by atoms with Crippen molar-refractivity contribution >= 4 is 34.5 Å². The van der Waals surface area contributed by atoms with E-state index in [1.165, 1.54) is 41.3 Å². The van der Waals surface area contributed by atoms with Gasteiger partial charge >= 0.3 is 0 Å². The van der Waals surface area contributed by atoms with Gasteiger partial charge in [0.1, 0.15) is 5.01 Å². The fraction of sp³-hybridized carbons (Fsp3) is 0.438. The first-order valence-electron chi connectivity index (χ1n) is 7.40. The van der Waals surface area contributed by atoms with Crippen molar-refractivity contribution < 1.29 is 0 Å². The van der Waals surface area contributed by atoms with Crippen molar-refractivity contribution in [2.24, 2.45) is 0 Å². The first-order chi connectivity index (χ1) is 10.2. The van der Waals surface area contributed by atoms with Gasteiger partial charge in [-0.15, -0.1) is 11.3 Å². The number of nitrogens with zero attached hydrogens (tertiary/aromatic N) is 1. The molecule has 2 aliphatic carbocycles. The van der Waals surface area contributed by atoms with Crippen molar-refractivity contribution in [3.8, 4) is 0 Å². The van der Waals surface area contributed by atoms with E-state index in [0.29, 0.717) is 16.1 Å². The Labute approximate surface area is 138 Å². The molecule has 0 aliphatic heterocycles. The largest absolute Gasteiger partial charge is 0.301 e. The fourth-order valence-electron chi connectivity index (χ4n) is 2.82. The van der Waals surface area contributed by atoms with Gasteiger partial charge in [-0.05, 0) is 49.8 Å². The predicted molar refractivity (Wildman–Crippen MR) is 88.6 cm³/mol. The number of nitrogens with one attached hydrogen (secondary N) is 1. The molecule has 110 valence electrons. The Morgan fingerprint density at radius 2 is 2.05 bits per heavy atom. The molecule has 2 aliphatic rings. The zero-order valence-corrected chi connectivity index (χ0v) is 13.9. The van der Waals surface area contributed by atoms with E-state index >= 15 is 0 Å². The smallest absolute Gasteiger partial charge is 0.115 e. The van der Waals surface area contributed by atoms with Crippen molar-refractivity contribution in [1.82, 2.24) is 10.3 Å². The molecule has 1 N–H and O–H groups in total. The van der Waals surface area contributed by atoms with E-state index in [1.54, 1.807) is 0 Å². The van der Waals surface area contributed by atoms with E-state index in [2.05, 4.69) is 11.4 Å². The lowest BCUT2D eigenvalue weighted by Gasteiger charge is -2.17. The molecule has 1 aromatic carbocycles. The molecule has 0 radical (unpaired) electrons. The van der Waals surface area contributed by atoms with Gasteiger partial charge in [0.15, 0.2) is 0 Å². The molecule has 0 spiro atoms. The van der Waals surface area contributed by atoms with Crippen LogP contribution < -0.4 is 5.32 Å². The highest BCUT2D eigenvalue weighted by Gasteiger charge is 2.29. The van der Waals surface area contributed by atoms with Crippen molar-refractivity contribution in [2.75, 3.05) is 0 Å². The highest BCUT2D eigenvalue weighted by molar-refractivity contribution is 7.11. The summed E-state index contributed by atoms with van der Waals surface area (Å²) in [6.45, 7) is 0. The number of thiazole rings is 1. The molecule has 0 saturated heterocycles. The molecule has 1 heterocycles. The quantitative estimate of drug-likeness (QED) is 0.867. The zero-order valence-electron chi connectivity index (χ0n) is 11.5. The third-order valence-electron chi connectivity index (χ3n) is 4.12. The van der Waals surface area contributed by atoms with Crippen molar-refractivity contribution in [3.05, 3.63) is 49.4 Å². The summed E-state index contributed by atoms with van der Waals surface area (Å²) in [6, 6.07) is 6.66. The van der Waals surface area contributed by atoms with Crippen molar-refractivity contribution in [1.29, 1.82) is 0 Å². The van der Waals surface area contributed by atoms with Crippen LogP contribution in [0.4, 0.5) is 0 Å². The molecule has 0 bridgehead atoms. The fourth-order valence-corrected chi connectivity index (χ4v) is 4.37. The van der Waals surface area contributed by atoms with E-state index < -0.39 is 0 Å². The minimum absolute atomic E-state index is 0.142. The van der Waals surface area contributed by atoms with Crippen LogP contribution in [-0.2, 0) is 12.8 Å². The zero-order chi connectivity index (χ0) is 14.4. The average molecular weight is 339 g/mol. The van der Waals surface area contributed by atoms with E-state index in [4.69, 9.17) is 28.2 Å². The molecule has 21 heavy (non-hydrogen) atoms. The van der Waals surface area contributed by atoms with Crippen LogP contribution in [0.1, 0.15) is 46.4 Å². The Morgan fingerprint density at radius 1 is 1.19 bits per heavy atom. The van der Waals surface area contributed by atoms with Gasteiger partial charge in [-0.1, -0.05) is 29.3 Å². The summed E-state index contributed by atoms with van der Waals surface area (Å²) < 4.78 is 0. The maximum Gasteiger partial charge on any atom is 0.115 e. The third-order valence-corrected chi connectivity index (χ3v) is 6.08. The minimum Gasteiger partial charge on any atom is -0.301 e. The van der Waals surface area contributed by atoms with Crippen LogP contribution >= 0.6 is 34.5 Å². The number of benzene rings is 1. The molecule has 1 saturated carbocycles. The molecular weight excluding hydrogens is 323 g/mol. The van der Waals surface area contributed by atoms with Crippen LogP contribution in [0.25, 0.3) is 0 Å². The van der Waals surface area contributed by atoms with Crippen LogP contribution in [0.3, 0.4) is 0 Å². The lowest BCUT2D eigenvalue weighted by Crippen LogP contribution is -2.24. The highest BCUT2D eigenvalue weighted by atomic mass is 35.5. The predicted octanol–water partition coefficient (Wildman–Crippen LogP) is 4.78. The summed E-state index contributed by atoms with van der Waals surface area (Å²) in [5, 5.41) is 6.09. The second kappa shape index (κ2) is 5.54. The Balaban J connectivity index is 1.70. The molecule has 5 heteroatoms. The Hall–Kier alpha value is -0.610.